The SMILES string of the molecule is Cc1cccc(C)c1C(N)C1=CCCCCC1. The Kier molecular flexibility index (Phi) is 4.01. The van der Waals surface area contributed by atoms with Crippen molar-refractivity contribution < 1.29 is 0 Å². The molecule has 0 spiro atoms. The highest BCUT2D eigenvalue weighted by atomic mass is 14.6. The smallest absolute Gasteiger partial charge is 0.0516 e. The van der Waals surface area contributed by atoms with Crippen LogP contribution in [-0.2, 0) is 0 Å². The first kappa shape index (κ1) is 12.4. The molecule has 2 N–H and O–H groups in total. The van der Waals surface area contributed by atoms with Crippen LogP contribution in [0.15, 0.2) is 29.8 Å². The molecule has 1 aliphatic rings. The molecule has 0 saturated heterocycles. The van der Waals surface area contributed by atoms with E-state index in [2.05, 4.69) is 38.1 Å². The first-order valence-electron chi connectivity index (χ1n) is 6.71. The molecule has 0 saturated carbocycles. The minimum atomic E-state index is 0.106. The predicted octanol–water partition coefficient (Wildman–Crippen LogP) is 4.19. The number of aryl methyl sites for hydroxylation is 2. The molecule has 1 aromatic rings. The molecule has 0 amide bonds. The molecule has 1 aliphatic carbocycles. The number of hydrogen-bond donors (Lipinski definition) is 1. The molecule has 0 aliphatic heterocycles. The zero-order chi connectivity index (χ0) is 12.3. The topological polar surface area (TPSA) is 26.0 Å². The molecular formula is C16H23N. The first-order chi connectivity index (χ1) is 8.20. The van der Waals surface area contributed by atoms with Crippen molar-refractivity contribution in [2.45, 2.75) is 52.0 Å². The van der Waals surface area contributed by atoms with Gasteiger partial charge in [0.1, 0.15) is 0 Å². The summed E-state index contributed by atoms with van der Waals surface area (Å²) in [5.74, 6) is 0. The summed E-state index contributed by atoms with van der Waals surface area (Å²) in [4.78, 5) is 0. The molecule has 0 fully saturated rings. The fourth-order valence-corrected chi connectivity index (χ4v) is 2.83. The lowest BCUT2D eigenvalue weighted by Gasteiger charge is -2.20. The molecule has 1 heteroatoms. The van der Waals surface area contributed by atoms with Crippen molar-refractivity contribution in [2.24, 2.45) is 5.73 Å². The van der Waals surface area contributed by atoms with Crippen molar-refractivity contribution in [1.29, 1.82) is 0 Å². The summed E-state index contributed by atoms with van der Waals surface area (Å²) in [6.07, 6.45) is 8.72. The zero-order valence-corrected chi connectivity index (χ0v) is 11.0. The van der Waals surface area contributed by atoms with Gasteiger partial charge < -0.3 is 5.73 Å². The van der Waals surface area contributed by atoms with E-state index in [0.717, 1.165) is 0 Å². The molecule has 92 valence electrons. The van der Waals surface area contributed by atoms with Gasteiger partial charge in [-0.25, -0.2) is 0 Å². The van der Waals surface area contributed by atoms with E-state index in [1.165, 1.54) is 54.4 Å². The number of hydrogen-bond acceptors (Lipinski definition) is 1. The van der Waals surface area contributed by atoms with Crippen molar-refractivity contribution in [3.8, 4) is 0 Å². The monoisotopic (exact) mass is 229 g/mol. The third-order valence-electron chi connectivity index (χ3n) is 3.83. The second-order valence-electron chi connectivity index (χ2n) is 5.16. The van der Waals surface area contributed by atoms with Gasteiger partial charge in [-0.3, -0.25) is 0 Å². The van der Waals surface area contributed by atoms with Gasteiger partial charge in [0.25, 0.3) is 0 Å². The lowest BCUT2D eigenvalue weighted by atomic mass is 9.90. The average Bonchev–Trinajstić information content (AvgIpc) is 2.57. The summed E-state index contributed by atoms with van der Waals surface area (Å²) < 4.78 is 0. The fourth-order valence-electron chi connectivity index (χ4n) is 2.83. The Labute approximate surface area is 105 Å². The molecular weight excluding hydrogens is 206 g/mol. The van der Waals surface area contributed by atoms with Crippen LogP contribution < -0.4 is 5.73 Å². The molecule has 0 radical (unpaired) electrons. The van der Waals surface area contributed by atoms with Crippen LogP contribution in [0.2, 0.25) is 0 Å². The van der Waals surface area contributed by atoms with E-state index in [9.17, 15) is 0 Å². The van der Waals surface area contributed by atoms with E-state index < -0.39 is 0 Å². The summed E-state index contributed by atoms with van der Waals surface area (Å²) in [6, 6.07) is 6.55. The molecule has 1 unspecified atom stereocenters. The van der Waals surface area contributed by atoms with Gasteiger partial charge in [0.2, 0.25) is 0 Å². The Balaban J connectivity index is 2.29. The van der Waals surface area contributed by atoms with E-state index >= 15 is 0 Å². The Hall–Kier alpha value is -1.08. The minimum Gasteiger partial charge on any atom is -0.321 e. The molecule has 0 aromatic heterocycles. The van der Waals surface area contributed by atoms with Crippen LogP contribution in [0.25, 0.3) is 0 Å². The fraction of sp³-hybridized carbons (Fsp3) is 0.500. The Morgan fingerprint density at radius 3 is 2.47 bits per heavy atom. The molecule has 2 rings (SSSR count). The largest absolute Gasteiger partial charge is 0.321 e. The third-order valence-corrected chi connectivity index (χ3v) is 3.83. The van der Waals surface area contributed by atoms with Crippen LogP contribution >= 0.6 is 0 Å². The third kappa shape index (κ3) is 2.78. The number of rotatable bonds is 2. The molecule has 1 atom stereocenters. The quantitative estimate of drug-likeness (QED) is 0.756. The van der Waals surface area contributed by atoms with Crippen LogP contribution in [-0.4, -0.2) is 0 Å². The summed E-state index contributed by atoms with van der Waals surface area (Å²) in [5, 5.41) is 0. The van der Waals surface area contributed by atoms with Crippen LogP contribution in [0.1, 0.15) is 54.8 Å². The summed E-state index contributed by atoms with van der Waals surface area (Å²) in [6.45, 7) is 4.33. The van der Waals surface area contributed by atoms with Gasteiger partial charge >= 0.3 is 0 Å². The van der Waals surface area contributed by atoms with E-state index in [0.29, 0.717) is 0 Å². The number of nitrogens with two attached hydrogens (primary N) is 1. The van der Waals surface area contributed by atoms with Gasteiger partial charge in [-0.2, -0.15) is 0 Å². The maximum Gasteiger partial charge on any atom is 0.0516 e. The Bertz CT molecular complexity index is 397. The standard InChI is InChI=1S/C16H23N/c1-12-8-7-9-13(2)15(12)16(17)14-10-5-3-4-6-11-14/h7-10,16H,3-6,11,17H2,1-2H3. The van der Waals surface area contributed by atoms with Gasteiger partial charge in [-0.1, -0.05) is 36.3 Å². The molecule has 17 heavy (non-hydrogen) atoms. The van der Waals surface area contributed by atoms with Crippen molar-refractivity contribution in [2.75, 3.05) is 0 Å². The Morgan fingerprint density at radius 1 is 1.06 bits per heavy atom. The summed E-state index contributed by atoms with van der Waals surface area (Å²) in [7, 11) is 0. The second-order valence-corrected chi connectivity index (χ2v) is 5.16. The molecule has 0 heterocycles. The summed E-state index contributed by atoms with van der Waals surface area (Å²) >= 11 is 0. The van der Waals surface area contributed by atoms with Crippen LogP contribution in [0.5, 0.6) is 0 Å². The maximum absolute atomic E-state index is 6.47. The lowest BCUT2D eigenvalue weighted by molar-refractivity contribution is 0.686. The molecule has 1 nitrogen and oxygen atoms in total. The average molecular weight is 229 g/mol. The summed E-state index contributed by atoms with van der Waals surface area (Å²) in [5.41, 5.74) is 11.9. The van der Waals surface area contributed by atoms with E-state index in [1.54, 1.807) is 0 Å². The number of allylic oxidation sites excluding steroid dienone is 1. The van der Waals surface area contributed by atoms with E-state index in [1.807, 2.05) is 0 Å². The highest BCUT2D eigenvalue weighted by Crippen LogP contribution is 2.30. The van der Waals surface area contributed by atoms with Gasteiger partial charge in [0.15, 0.2) is 0 Å². The first-order valence-corrected chi connectivity index (χ1v) is 6.71. The van der Waals surface area contributed by atoms with Crippen molar-refractivity contribution >= 4 is 0 Å². The maximum atomic E-state index is 6.47. The second kappa shape index (κ2) is 5.50. The normalized spacial score (nSPS) is 18.4. The van der Waals surface area contributed by atoms with Gasteiger partial charge in [-0.05, 0) is 56.2 Å². The lowest BCUT2D eigenvalue weighted by Crippen LogP contribution is -2.16. The van der Waals surface area contributed by atoms with Crippen molar-refractivity contribution in [1.82, 2.24) is 0 Å². The zero-order valence-electron chi connectivity index (χ0n) is 11.0. The van der Waals surface area contributed by atoms with Gasteiger partial charge in [0, 0.05) is 0 Å². The van der Waals surface area contributed by atoms with E-state index in [4.69, 9.17) is 5.73 Å². The van der Waals surface area contributed by atoms with Crippen molar-refractivity contribution in [3.63, 3.8) is 0 Å². The number of benzene rings is 1. The van der Waals surface area contributed by atoms with Crippen LogP contribution in [0.4, 0.5) is 0 Å². The van der Waals surface area contributed by atoms with Gasteiger partial charge in [0.05, 0.1) is 6.04 Å². The van der Waals surface area contributed by atoms with Gasteiger partial charge in [-0.15, -0.1) is 0 Å². The molecule has 0 bridgehead atoms. The van der Waals surface area contributed by atoms with Crippen LogP contribution in [0.3, 0.4) is 0 Å². The van der Waals surface area contributed by atoms with E-state index in [-0.39, 0.29) is 6.04 Å². The minimum absolute atomic E-state index is 0.106. The Morgan fingerprint density at radius 2 is 1.76 bits per heavy atom. The van der Waals surface area contributed by atoms with Crippen LogP contribution in [0, 0.1) is 13.8 Å². The molecule has 1 aromatic carbocycles. The highest BCUT2D eigenvalue weighted by molar-refractivity contribution is 5.40. The van der Waals surface area contributed by atoms with Crippen molar-refractivity contribution in [3.05, 3.63) is 46.5 Å². The predicted molar refractivity (Wildman–Crippen MR) is 74.0 cm³/mol. The highest BCUT2D eigenvalue weighted by Gasteiger charge is 2.16.